The van der Waals surface area contributed by atoms with Crippen LogP contribution in [-0.4, -0.2) is 27.5 Å². The first-order valence-corrected chi connectivity index (χ1v) is 8.34. The third kappa shape index (κ3) is 3.12. The molecule has 0 spiro atoms. The Morgan fingerprint density at radius 2 is 1.87 bits per heavy atom. The zero-order valence-electron chi connectivity index (χ0n) is 14.9. The number of nitrogens with zero attached hydrogens (tertiary/aromatic N) is 3. The first-order chi connectivity index (χ1) is 12.0. The summed E-state index contributed by atoms with van der Waals surface area (Å²) in [5.74, 6) is 0.905. The summed E-state index contributed by atoms with van der Waals surface area (Å²) < 4.78 is 18.6. The van der Waals surface area contributed by atoms with Crippen LogP contribution in [0, 0.1) is 0 Å². The standard InChI is InChI=1S/C19H20ClN3/c20-16-9-7-15(8-10-16)13-23-18-6-2-1-5-17(18)21-19(23)14-22-11-3-4-12-22/h1-2,5-10H,3-4,11-14H2/i11D2. The van der Waals surface area contributed by atoms with Crippen LogP contribution < -0.4 is 0 Å². The van der Waals surface area contributed by atoms with Gasteiger partial charge >= 0.3 is 0 Å². The fraction of sp³-hybridized carbons (Fsp3) is 0.316. The minimum atomic E-state index is -1.25. The summed E-state index contributed by atoms with van der Waals surface area (Å²) in [7, 11) is 0. The summed E-state index contributed by atoms with van der Waals surface area (Å²) in [5.41, 5.74) is 3.18. The number of hydrogen-bond donors (Lipinski definition) is 0. The van der Waals surface area contributed by atoms with E-state index in [4.69, 9.17) is 19.3 Å². The van der Waals surface area contributed by atoms with E-state index in [-0.39, 0.29) is 0 Å². The Labute approximate surface area is 144 Å². The summed E-state index contributed by atoms with van der Waals surface area (Å²) in [6, 6.07) is 15.9. The first kappa shape index (κ1) is 12.6. The van der Waals surface area contributed by atoms with Crippen LogP contribution >= 0.6 is 11.6 Å². The van der Waals surface area contributed by atoms with Gasteiger partial charge in [0.2, 0.25) is 0 Å². The number of aromatic nitrogens is 2. The summed E-state index contributed by atoms with van der Waals surface area (Å²) in [6.45, 7) is 0.750. The van der Waals surface area contributed by atoms with Gasteiger partial charge in [-0.05, 0) is 55.7 Å². The highest BCUT2D eigenvalue weighted by atomic mass is 35.5. The van der Waals surface area contributed by atoms with Crippen LogP contribution in [0.2, 0.25) is 5.02 Å². The van der Waals surface area contributed by atoms with Crippen molar-refractivity contribution in [2.24, 2.45) is 0 Å². The van der Waals surface area contributed by atoms with Gasteiger partial charge in [-0.3, -0.25) is 4.90 Å². The number of benzene rings is 2. The van der Waals surface area contributed by atoms with Gasteiger partial charge in [0.25, 0.3) is 0 Å². The van der Waals surface area contributed by atoms with Crippen molar-refractivity contribution >= 4 is 22.6 Å². The molecule has 2 aromatic carbocycles. The second-order valence-corrected chi connectivity index (χ2v) is 6.35. The van der Waals surface area contributed by atoms with E-state index in [2.05, 4.69) is 10.6 Å². The average Bonchev–Trinajstić information content (AvgIpc) is 3.10. The lowest BCUT2D eigenvalue weighted by molar-refractivity contribution is 0.318. The summed E-state index contributed by atoms with van der Waals surface area (Å²) >= 11 is 6.00. The molecule has 23 heavy (non-hydrogen) atoms. The number of fused-ring (bicyclic) bond motifs is 1. The van der Waals surface area contributed by atoms with E-state index in [1.54, 1.807) is 0 Å². The summed E-state index contributed by atoms with van der Waals surface area (Å²) in [6.07, 6.45) is 1.48. The maximum Gasteiger partial charge on any atom is 0.124 e. The first-order valence-electron chi connectivity index (χ1n) is 8.97. The van der Waals surface area contributed by atoms with Crippen LogP contribution in [0.25, 0.3) is 11.0 Å². The average molecular weight is 328 g/mol. The molecular weight excluding hydrogens is 306 g/mol. The predicted molar refractivity (Wildman–Crippen MR) is 94.8 cm³/mol. The van der Waals surface area contributed by atoms with Crippen molar-refractivity contribution in [1.29, 1.82) is 0 Å². The zero-order chi connectivity index (χ0) is 17.4. The number of rotatable bonds is 4. The largest absolute Gasteiger partial charge is 0.322 e. The van der Waals surface area contributed by atoms with Crippen molar-refractivity contribution in [1.82, 2.24) is 14.5 Å². The number of hydrogen-bond acceptors (Lipinski definition) is 2. The molecule has 0 N–H and O–H groups in total. The van der Waals surface area contributed by atoms with Crippen molar-refractivity contribution < 1.29 is 2.74 Å². The van der Waals surface area contributed by atoms with Crippen molar-refractivity contribution in [2.45, 2.75) is 25.9 Å². The van der Waals surface area contributed by atoms with E-state index in [0.29, 0.717) is 19.5 Å². The van der Waals surface area contributed by atoms with E-state index in [1.807, 2.05) is 47.4 Å². The predicted octanol–water partition coefficient (Wildman–Crippen LogP) is 4.33. The van der Waals surface area contributed by atoms with Gasteiger partial charge in [-0.2, -0.15) is 0 Å². The van der Waals surface area contributed by atoms with E-state index >= 15 is 0 Å². The highest BCUT2D eigenvalue weighted by molar-refractivity contribution is 6.30. The molecule has 0 bridgehead atoms. The second kappa shape index (κ2) is 6.34. The number of halogens is 1. The van der Waals surface area contributed by atoms with Crippen LogP contribution in [0.5, 0.6) is 0 Å². The maximum absolute atomic E-state index is 8.18. The molecule has 2 heterocycles. The fourth-order valence-electron chi connectivity index (χ4n) is 3.09. The van der Waals surface area contributed by atoms with Gasteiger partial charge in [0.05, 0.1) is 17.6 Å². The zero-order valence-corrected chi connectivity index (χ0v) is 13.6. The van der Waals surface area contributed by atoms with Crippen molar-refractivity contribution in [3.05, 3.63) is 64.9 Å². The van der Waals surface area contributed by atoms with Gasteiger partial charge in [0.15, 0.2) is 0 Å². The highest BCUT2D eigenvalue weighted by Crippen LogP contribution is 2.21. The molecule has 1 saturated heterocycles. The number of para-hydroxylation sites is 2. The maximum atomic E-state index is 8.18. The molecule has 3 nitrogen and oxygen atoms in total. The molecule has 1 aromatic heterocycles. The van der Waals surface area contributed by atoms with Crippen LogP contribution in [0.4, 0.5) is 0 Å². The van der Waals surface area contributed by atoms with Gasteiger partial charge in [-0.25, -0.2) is 4.98 Å². The second-order valence-electron chi connectivity index (χ2n) is 5.91. The molecule has 0 aliphatic carbocycles. The van der Waals surface area contributed by atoms with Gasteiger partial charge in [0.1, 0.15) is 5.82 Å². The summed E-state index contributed by atoms with van der Waals surface area (Å²) in [5, 5.41) is 0.727. The summed E-state index contributed by atoms with van der Waals surface area (Å²) in [4.78, 5) is 6.68. The van der Waals surface area contributed by atoms with E-state index < -0.39 is 6.50 Å². The Balaban J connectivity index is 1.71. The molecular formula is C19H20ClN3. The van der Waals surface area contributed by atoms with E-state index in [1.165, 1.54) is 0 Å². The Hall–Kier alpha value is -1.84. The van der Waals surface area contributed by atoms with Crippen molar-refractivity contribution in [2.75, 3.05) is 13.0 Å². The molecule has 3 aromatic rings. The highest BCUT2D eigenvalue weighted by Gasteiger charge is 2.17. The van der Waals surface area contributed by atoms with Gasteiger partial charge < -0.3 is 4.57 Å². The monoisotopic (exact) mass is 327 g/mol. The van der Waals surface area contributed by atoms with Crippen LogP contribution in [0.3, 0.4) is 0 Å². The van der Waals surface area contributed by atoms with E-state index in [9.17, 15) is 0 Å². The lowest BCUT2D eigenvalue weighted by Crippen LogP contribution is -2.21. The Kier molecular flexibility index (Phi) is 3.47. The minimum Gasteiger partial charge on any atom is -0.322 e. The molecule has 1 aliphatic heterocycles. The molecule has 0 saturated carbocycles. The SMILES string of the molecule is [2H]C1([2H])CCCN1Cc1nc2ccccc2n1Cc1ccc(Cl)cc1. The lowest BCUT2D eigenvalue weighted by Gasteiger charge is -2.16. The third-order valence-electron chi connectivity index (χ3n) is 4.26. The number of likely N-dealkylation sites (tertiary alicyclic amines) is 1. The minimum absolute atomic E-state index is 0.523. The lowest BCUT2D eigenvalue weighted by atomic mass is 10.2. The van der Waals surface area contributed by atoms with Crippen LogP contribution in [-0.2, 0) is 13.1 Å². The molecule has 0 atom stereocenters. The van der Waals surface area contributed by atoms with Gasteiger partial charge in [0, 0.05) is 14.3 Å². The smallest absolute Gasteiger partial charge is 0.124 e. The topological polar surface area (TPSA) is 21.1 Å². The Morgan fingerprint density at radius 3 is 2.65 bits per heavy atom. The van der Waals surface area contributed by atoms with Crippen molar-refractivity contribution in [3.8, 4) is 0 Å². The molecule has 0 amide bonds. The van der Waals surface area contributed by atoms with Gasteiger partial charge in [-0.15, -0.1) is 0 Å². The molecule has 0 radical (unpaired) electrons. The molecule has 4 rings (SSSR count). The van der Waals surface area contributed by atoms with E-state index in [0.717, 1.165) is 40.4 Å². The normalized spacial score (nSPS) is 19.0. The fourth-order valence-corrected chi connectivity index (χ4v) is 3.21. The molecule has 1 aliphatic rings. The number of imidazole rings is 1. The molecule has 118 valence electrons. The van der Waals surface area contributed by atoms with Crippen LogP contribution in [0.15, 0.2) is 48.5 Å². The van der Waals surface area contributed by atoms with Crippen molar-refractivity contribution in [3.63, 3.8) is 0 Å². The van der Waals surface area contributed by atoms with Crippen LogP contribution in [0.1, 0.15) is 27.0 Å². The molecule has 0 unspecified atom stereocenters. The Morgan fingerprint density at radius 1 is 1.04 bits per heavy atom. The quantitative estimate of drug-likeness (QED) is 0.711. The van der Waals surface area contributed by atoms with Gasteiger partial charge in [-0.1, -0.05) is 35.9 Å². The Bertz CT molecular complexity index is 889. The molecule has 1 fully saturated rings. The molecule has 4 heteroatoms. The third-order valence-corrected chi connectivity index (χ3v) is 4.51.